The molecule has 0 saturated carbocycles. The Morgan fingerprint density at radius 1 is 0.306 bits per heavy atom. The van der Waals surface area contributed by atoms with Gasteiger partial charge < -0.3 is 0 Å². The van der Waals surface area contributed by atoms with Crippen molar-refractivity contribution < 1.29 is 0 Å². The van der Waals surface area contributed by atoms with Gasteiger partial charge in [-0.3, -0.25) is 4.57 Å². The van der Waals surface area contributed by atoms with E-state index in [1.807, 2.05) is 6.07 Å². The van der Waals surface area contributed by atoms with E-state index in [0.717, 1.165) is 39.2 Å². The molecule has 0 aliphatic heterocycles. The van der Waals surface area contributed by atoms with Gasteiger partial charge in [-0.2, -0.15) is 0 Å². The van der Waals surface area contributed by atoms with Crippen LogP contribution in [0.2, 0.25) is 0 Å². The quantitative estimate of drug-likeness (QED) is 0.180. The second-order valence-electron chi connectivity index (χ2n) is 12.4. The molecule has 0 unspecified atom stereocenters. The molecule has 0 saturated heterocycles. The van der Waals surface area contributed by atoms with Crippen molar-refractivity contribution in [1.82, 2.24) is 9.55 Å². The number of hydrogen-bond donors (Lipinski definition) is 0. The highest BCUT2D eigenvalue weighted by Crippen LogP contribution is 2.45. The van der Waals surface area contributed by atoms with E-state index in [0.29, 0.717) is 0 Å². The van der Waals surface area contributed by atoms with Crippen molar-refractivity contribution in [2.45, 2.75) is 0 Å². The van der Waals surface area contributed by atoms with E-state index in [9.17, 15) is 0 Å². The number of rotatable bonds is 6. The van der Waals surface area contributed by atoms with Crippen LogP contribution in [0.3, 0.4) is 0 Å². The summed E-state index contributed by atoms with van der Waals surface area (Å²) in [5, 5.41) is 2.38. The number of benzene rings is 7. The maximum atomic E-state index is 5.38. The fourth-order valence-corrected chi connectivity index (χ4v) is 7.09. The predicted molar refractivity (Wildman–Crippen MR) is 206 cm³/mol. The van der Waals surface area contributed by atoms with Crippen LogP contribution in [0.1, 0.15) is 0 Å². The molecule has 7 aromatic carbocycles. The van der Waals surface area contributed by atoms with E-state index in [4.69, 9.17) is 4.98 Å². The van der Waals surface area contributed by atoms with Crippen LogP contribution in [0.5, 0.6) is 0 Å². The molecule has 0 aliphatic rings. The molecule has 2 aromatic heterocycles. The van der Waals surface area contributed by atoms with Crippen LogP contribution in [0.25, 0.3) is 83.4 Å². The molecule has 0 amide bonds. The predicted octanol–water partition coefficient (Wildman–Crippen LogP) is 12.5. The normalized spacial score (nSPS) is 11.3. The maximum Gasteiger partial charge on any atom is 0.138 e. The van der Waals surface area contributed by atoms with E-state index in [1.165, 1.54) is 44.2 Å². The molecule has 0 atom stereocenters. The van der Waals surface area contributed by atoms with Crippen molar-refractivity contribution in [1.29, 1.82) is 0 Å². The summed E-state index contributed by atoms with van der Waals surface area (Å²) in [6, 6.07) is 69.2. The SMILES string of the molecule is c1ccc(-c2cc(-c3ccccc3)c3c(c2)c2cc(-c4ccccc4)cc(-c4ccccc4)c2n3-c2cccc(-c3ccccc3)n2)cc1. The van der Waals surface area contributed by atoms with Gasteiger partial charge in [-0.05, 0) is 69.8 Å². The summed E-state index contributed by atoms with van der Waals surface area (Å²) in [7, 11) is 0. The number of nitrogens with zero attached hydrogens (tertiary/aromatic N) is 2. The number of aromatic nitrogens is 2. The molecule has 0 aliphatic carbocycles. The molecule has 49 heavy (non-hydrogen) atoms. The molecule has 0 bridgehead atoms. The lowest BCUT2D eigenvalue weighted by molar-refractivity contribution is 1.08. The average Bonchev–Trinajstić information content (AvgIpc) is 3.53. The van der Waals surface area contributed by atoms with Gasteiger partial charge in [0, 0.05) is 27.5 Å². The smallest absolute Gasteiger partial charge is 0.138 e. The van der Waals surface area contributed by atoms with Crippen LogP contribution in [-0.2, 0) is 0 Å². The molecule has 0 fully saturated rings. The fourth-order valence-electron chi connectivity index (χ4n) is 7.09. The third-order valence-electron chi connectivity index (χ3n) is 9.37. The molecule has 0 N–H and O–H groups in total. The van der Waals surface area contributed by atoms with Crippen LogP contribution in [0.15, 0.2) is 194 Å². The zero-order chi connectivity index (χ0) is 32.6. The monoisotopic (exact) mass is 624 g/mol. The Kier molecular flexibility index (Phi) is 7.18. The molecule has 0 spiro atoms. The first-order chi connectivity index (χ1) is 24.3. The van der Waals surface area contributed by atoms with Gasteiger partial charge >= 0.3 is 0 Å². The number of pyridine rings is 1. The van der Waals surface area contributed by atoms with E-state index in [-0.39, 0.29) is 0 Å². The Hall–Kier alpha value is -6.51. The summed E-state index contributed by atoms with van der Waals surface area (Å²) >= 11 is 0. The van der Waals surface area contributed by atoms with Crippen LogP contribution in [0.4, 0.5) is 0 Å². The second-order valence-corrected chi connectivity index (χ2v) is 12.4. The van der Waals surface area contributed by atoms with Crippen molar-refractivity contribution in [2.75, 3.05) is 0 Å². The first-order valence-electron chi connectivity index (χ1n) is 16.7. The van der Waals surface area contributed by atoms with Gasteiger partial charge in [0.25, 0.3) is 0 Å². The maximum absolute atomic E-state index is 5.38. The van der Waals surface area contributed by atoms with Crippen LogP contribution in [-0.4, -0.2) is 9.55 Å². The Morgan fingerprint density at radius 2 is 0.694 bits per heavy atom. The largest absolute Gasteiger partial charge is 0.293 e. The van der Waals surface area contributed by atoms with Crippen LogP contribution in [0, 0.1) is 0 Å². The van der Waals surface area contributed by atoms with Crippen molar-refractivity contribution in [3.8, 4) is 61.6 Å². The van der Waals surface area contributed by atoms with Crippen molar-refractivity contribution >= 4 is 21.8 Å². The minimum Gasteiger partial charge on any atom is -0.293 e. The lowest BCUT2D eigenvalue weighted by Gasteiger charge is -2.16. The molecule has 9 rings (SSSR count). The summed E-state index contributed by atoms with van der Waals surface area (Å²) < 4.78 is 2.41. The van der Waals surface area contributed by atoms with E-state index < -0.39 is 0 Å². The molecular formula is C47H32N2. The summed E-state index contributed by atoms with van der Waals surface area (Å²) in [6.07, 6.45) is 0. The molecular weight excluding hydrogens is 593 g/mol. The number of fused-ring (bicyclic) bond motifs is 3. The molecule has 9 aromatic rings. The average molecular weight is 625 g/mol. The topological polar surface area (TPSA) is 17.8 Å². The lowest BCUT2D eigenvalue weighted by atomic mass is 9.93. The highest BCUT2D eigenvalue weighted by molar-refractivity contribution is 6.19. The zero-order valence-electron chi connectivity index (χ0n) is 26.9. The van der Waals surface area contributed by atoms with Gasteiger partial charge in [-0.1, -0.05) is 158 Å². The minimum absolute atomic E-state index is 0.885. The Balaban J connectivity index is 1.48. The van der Waals surface area contributed by atoms with Crippen LogP contribution >= 0.6 is 0 Å². The van der Waals surface area contributed by atoms with Crippen LogP contribution < -0.4 is 0 Å². The van der Waals surface area contributed by atoms with E-state index in [2.05, 4.69) is 193 Å². The molecule has 2 heterocycles. The Labute approximate surface area is 286 Å². The van der Waals surface area contributed by atoms with Gasteiger partial charge in [0.15, 0.2) is 0 Å². The summed E-state index contributed by atoms with van der Waals surface area (Å²) in [5.41, 5.74) is 13.7. The summed E-state index contributed by atoms with van der Waals surface area (Å²) in [5.74, 6) is 0.885. The molecule has 2 nitrogen and oxygen atoms in total. The lowest BCUT2D eigenvalue weighted by Crippen LogP contribution is -2.01. The van der Waals surface area contributed by atoms with Crippen molar-refractivity contribution in [3.05, 3.63) is 194 Å². The van der Waals surface area contributed by atoms with Crippen molar-refractivity contribution in [2.24, 2.45) is 0 Å². The van der Waals surface area contributed by atoms with Gasteiger partial charge in [-0.25, -0.2) is 4.98 Å². The standard InChI is InChI=1S/C47H32N2/c1-6-17-33(18-7-1)38-29-40(35-21-10-3-11-22-35)46-42(31-38)43-32-39(34-19-8-2-9-20-34)30-41(36-23-12-4-13-24-36)47(43)49(46)45-28-16-27-44(48-45)37-25-14-5-15-26-37/h1-32H. The van der Waals surface area contributed by atoms with Gasteiger partial charge in [-0.15, -0.1) is 0 Å². The molecule has 230 valence electrons. The fraction of sp³-hybridized carbons (Fsp3) is 0. The summed E-state index contributed by atoms with van der Waals surface area (Å²) in [6.45, 7) is 0. The minimum atomic E-state index is 0.885. The molecule has 2 heteroatoms. The van der Waals surface area contributed by atoms with Gasteiger partial charge in [0.2, 0.25) is 0 Å². The highest BCUT2D eigenvalue weighted by atomic mass is 15.1. The summed E-state index contributed by atoms with van der Waals surface area (Å²) in [4.78, 5) is 5.38. The third kappa shape index (κ3) is 5.21. The van der Waals surface area contributed by atoms with Crippen molar-refractivity contribution in [3.63, 3.8) is 0 Å². The number of hydrogen-bond acceptors (Lipinski definition) is 1. The zero-order valence-corrected chi connectivity index (χ0v) is 26.9. The van der Waals surface area contributed by atoms with E-state index in [1.54, 1.807) is 0 Å². The molecule has 0 radical (unpaired) electrons. The Morgan fingerprint density at radius 3 is 1.12 bits per heavy atom. The highest BCUT2D eigenvalue weighted by Gasteiger charge is 2.23. The second kappa shape index (κ2) is 12.3. The Bertz CT molecular complexity index is 2410. The third-order valence-corrected chi connectivity index (χ3v) is 9.37. The first kappa shape index (κ1) is 28.7. The van der Waals surface area contributed by atoms with Gasteiger partial charge in [0.1, 0.15) is 5.82 Å². The van der Waals surface area contributed by atoms with Gasteiger partial charge in [0.05, 0.1) is 16.7 Å². The first-order valence-corrected chi connectivity index (χ1v) is 16.7. The van der Waals surface area contributed by atoms with E-state index >= 15 is 0 Å².